The molecule has 1 fully saturated rings. The topological polar surface area (TPSA) is 56.4 Å². The van der Waals surface area contributed by atoms with E-state index in [9.17, 15) is 9.59 Å². The van der Waals surface area contributed by atoms with Crippen LogP contribution in [0.25, 0.3) is 10.9 Å². The van der Waals surface area contributed by atoms with Crippen molar-refractivity contribution in [3.63, 3.8) is 0 Å². The molecule has 34 heavy (non-hydrogen) atoms. The van der Waals surface area contributed by atoms with Crippen LogP contribution in [0.1, 0.15) is 51.2 Å². The van der Waals surface area contributed by atoms with Crippen molar-refractivity contribution in [2.75, 3.05) is 13.1 Å². The van der Waals surface area contributed by atoms with Crippen LogP contribution in [0.2, 0.25) is 5.02 Å². The highest BCUT2D eigenvalue weighted by atomic mass is 35.5. The first-order valence-corrected chi connectivity index (χ1v) is 12.4. The van der Waals surface area contributed by atoms with E-state index in [0.29, 0.717) is 24.5 Å². The number of hydrogen-bond acceptors (Lipinski definition) is 2. The number of fused-ring (bicyclic) bond motifs is 1. The van der Waals surface area contributed by atoms with Crippen LogP contribution in [-0.2, 0) is 22.6 Å². The van der Waals surface area contributed by atoms with Crippen LogP contribution in [0.5, 0.6) is 0 Å². The van der Waals surface area contributed by atoms with E-state index in [1.54, 1.807) is 0 Å². The average Bonchev–Trinajstić information content (AvgIpc) is 3.54. The maximum atomic E-state index is 13.5. The molecular weight excluding hydrogens is 446 g/mol. The Morgan fingerprint density at radius 2 is 1.74 bits per heavy atom. The molecule has 0 atom stereocenters. The molecule has 1 aromatic heterocycles. The van der Waals surface area contributed by atoms with Crippen molar-refractivity contribution in [2.24, 2.45) is 5.41 Å². The summed E-state index contributed by atoms with van der Waals surface area (Å²) in [5.41, 5.74) is 3.20. The molecular formula is C28H34ClN3O2. The minimum atomic E-state index is -0.106. The lowest BCUT2D eigenvalue weighted by Gasteiger charge is -2.30. The van der Waals surface area contributed by atoms with E-state index in [1.165, 1.54) is 10.9 Å². The molecule has 1 heterocycles. The second-order valence-corrected chi connectivity index (χ2v) is 11.0. The summed E-state index contributed by atoms with van der Waals surface area (Å²) in [7, 11) is 0. The number of rotatable bonds is 9. The van der Waals surface area contributed by atoms with Crippen molar-refractivity contribution < 1.29 is 9.59 Å². The van der Waals surface area contributed by atoms with E-state index >= 15 is 0 Å². The summed E-state index contributed by atoms with van der Waals surface area (Å²) in [6.45, 7) is 7.39. The maximum absolute atomic E-state index is 13.5. The molecule has 0 bridgehead atoms. The summed E-state index contributed by atoms with van der Waals surface area (Å²) in [5, 5.41) is 1.86. The van der Waals surface area contributed by atoms with Gasteiger partial charge in [-0.25, -0.2) is 0 Å². The SMILES string of the molecule is CC(C)(C)CC(=O)N(CC(=O)N(CCc1c[nH]c2ccccc12)Cc1ccc(Cl)cc1)C1CC1. The number of amides is 2. The molecule has 2 amide bonds. The van der Waals surface area contributed by atoms with Crippen LogP contribution in [-0.4, -0.2) is 45.7 Å². The number of nitrogens with zero attached hydrogens (tertiary/aromatic N) is 2. The van der Waals surface area contributed by atoms with E-state index in [4.69, 9.17) is 11.6 Å². The van der Waals surface area contributed by atoms with Crippen molar-refractivity contribution >= 4 is 34.3 Å². The number of halogens is 1. The third-order valence-electron chi connectivity index (χ3n) is 6.26. The Morgan fingerprint density at radius 1 is 1.03 bits per heavy atom. The molecule has 3 aromatic rings. The van der Waals surface area contributed by atoms with Gasteiger partial charge in [-0.3, -0.25) is 9.59 Å². The van der Waals surface area contributed by atoms with Gasteiger partial charge in [0.05, 0.1) is 0 Å². The van der Waals surface area contributed by atoms with Crippen molar-refractivity contribution in [2.45, 2.75) is 59.0 Å². The number of aromatic nitrogens is 1. The zero-order valence-electron chi connectivity index (χ0n) is 20.3. The number of hydrogen-bond donors (Lipinski definition) is 1. The Morgan fingerprint density at radius 3 is 2.41 bits per heavy atom. The second kappa shape index (κ2) is 10.2. The van der Waals surface area contributed by atoms with Gasteiger partial charge in [0.15, 0.2) is 0 Å². The Balaban J connectivity index is 1.50. The Labute approximate surface area is 207 Å². The summed E-state index contributed by atoms with van der Waals surface area (Å²) in [6.07, 6.45) is 5.18. The molecule has 0 radical (unpaired) electrons. The number of para-hydroxylation sites is 1. The predicted octanol–water partition coefficient (Wildman–Crippen LogP) is 5.82. The van der Waals surface area contributed by atoms with E-state index in [1.807, 2.05) is 52.4 Å². The Kier molecular flexibility index (Phi) is 7.32. The second-order valence-electron chi connectivity index (χ2n) is 10.5. The molecule has 180 valence electrons. The van der Waals surface area contributed by atoms with E-state index in [0.717, 1.165) is 30.3 Å². The van der Waals surface area contributed by atoms with Crippen molar-refractivity contribution in [1.29, 1.82) is 0 Å². The third kappa shape index (κ3) is 6.41. The molecule has 4 rings (SSSR count). The lowest BCUT2D eigenvalue weighted by atomic mass is 9.91. The monoisotopic (exact) mass is 479 g/mol. The first-order chi connectivity index (χ1) is 16.2. The van der Waals surface area contributed by atoms with Gasteiger partial charge in [0, 0.05) is 47.7 Å². The van der Waals surface area contributed by atoms with Gasteiger partial charge in [0.2, 0.25) is 11.8 Å². The average molecular weight is 480 g/mol. The van der Waals surface area contributed by atoms with Crippen LogP contribution >= 0.6 is 11.6 Å². The lowest BCUT2D eigenvalue weighted by molar-refractivity contribution is -0.142. The molecule has 2 aromatic carbocycles. The summed E-state index contributed by atoms with van der Waals surface area (Å²) in [4.78, 5) is 33.6. The largest absolute Gasteiger partial charge is 0.361 e. The van der Waals surface area contributed by atoms with Gasteiger partial charge in [0.1, 0.15) is 6.54 Å². The molecule has 1 aliphatic carbocycles. The highest BCUT2D eigenvalue weighted by Crippen LogP contribution is 2.30. The standard InChI is InChI=1S/C28H34ClN3O2/c1-28(2,3)16-26(33)32(23-12-13-23)19-27(34)31(18-20-8-10-22(29)11-9-20)15-14-21-17-30-25-7-5-4-6-24(21)25/h4-11,17,23,30H,12-16,18-19H2,1-3H3. The molecule has 5 nitrogen and oxygen atoms in total. The van der Waals surface area contributed by atoms with Crippen molar-refractivity contribution in [1.82, 2.24) is 14.8 Å². The zero-order chi connectivity index (χ0) is 24.3. The molecule has 1 N–H and O–H groups in total. The van der Waals surface area contributed by atoms with Crippen molar-refractivity contribution in [3.05, 3.63) is 70.9 Å². The molecule has 0 saturated heterocycles. The van der Waals surface area contributed by atoms with E-state index in [-0.39, 0.29) is 29.8 Å². The molecule has 0 aliphatic heterocycles. The van der Waals surface area contributed by atoms with E-state index < -0.39 is 0 Å². The quantitative estimate of drug-likeness (QED) is 0.420. The number of carbonyl (C=O) groups is 2. The molecule has 1 aliphatic rings. The van der Waals surface area contributed by atoms with Crippen LogP contribution < -0.4 is 0 Å². The lowest BCUT2D eigenvalue weighted by Crippen LogP contribution is -2.45. The summed E-state index contributed by atoms with van der Waals surface area (Å²) in [6, 6.07) is 16.0. The van der Waals surface area contributed by atoms with Gasteiger partial charge >= 0.3 is 0 Å². The van der Waals surface area contributed by atoms with Crippen LogP contribution in [0.4, 0.5) is 0 Å². The van der Waals surface area contributed by atoms with Crippen LogP contribution in [0, 0.1) is 5.41 Å². The van der Waals surface area contributed by atoms with Gasteiger partial charge < -0.3 is 14.8 Å². The first kappa shape index (κ1) is 24.3. The van der Waals surface area contributed by atoms with Gasteiger partial charge in [-0.05, 0) is 54.0 Å². The molecule has 1 saturated carbocycles. The number of benzene rings is 2. The molecule has 0 spiro atoms. The van der Waals surface area contributed by atoms with Gasteiger partial charge in [0.25, 0.3) is 0 Å². The smallest absolute Gasteiger partial charge is 0.242 e. The number of H-pyrrole nitrogens is 1. The number of aromatic amines is 1. The molecule has 6 heteroatoms. The normalized spacial score (nSPS) is 13.8. The third-order valence-corrected chi connectivity index (χ3v) is 6.51. The first-order valence-electron chi connectivity index (χ1n) is 12.1. The number of nitrogens with one attached hydrogen (secondary N) is 1. The fraction of sp³-hybridized carbons (Fsp3) is 0.429. The van der Waals surface area contributed by atoms with E-state index in [2.05, 4.69) is 37.9 Å². The zero-order valence-corrected chi connectivity index (χ0v) is 21.1. The Hall–Kier alpha value is -2.79. The Bertz CT molecular complexity index is 1140. The fourth-order valence-corrected chi connectivity index (χ4v) is 4.43. The summed E-state index contributed by atoms with van der Waals surface area (Å²) >= 11 is 6.06. The van der Waals surface area contributed by atoms with Crippen LogP contribution in [0.3, 0.4) is 0 Å². The fourth-order valence-electron chi connectivity index (χ4n) is 4.30. The van der Waals surface area contributed by atoms with Gasteiger partial charge in [-0.2, -0.15) is 0 Å². The van der Waals surface area contributed by atoms with Crippen molar-refractivity contribution in [3.8, 4) is 0 Å². The van der Waals surface area contributed by atoms with Gasteiger partial charge in [-0.1, -0.05) is 62.7 Å². The van der Waals surface area contributed by atoms with Gasteiger partial charge in [-0.15, -0.1) is 0 Å². The maximum Gasteiger partial charge on any atom is 0.242 e. The molecule has 0 unspecified atom stereocenters. The highest BCUT2D eigenvalue weighted by molar-refractivity contribution is 6.30. The summed E-state index contributed by atoms with van der Waals surface area (Å²) in [5.74, 6) is 0.0652. The minimum Gasteiger partial charge on any atom is -0.361 e. The number of carbonyl (C=O) groups excluding carboxylic acids is 2. The predicted molar refractivity (Wildman–Crippen MR) is 138 cm³/mol. The van der Waals surface area contributed by atoms with Crippen LogP contribution in [0.15, 0.2) is 54.7 Å². The minimum absolute atomic E-state index is 0.0102. The summed E-state index contributed by atoms with van der Waals surface area (Å²) < 4.78 is 0. The highest BCUT2D eigenvalue weighted by Gasteiger charge is 2.36.